The highest BCUT2D eigenvalue weighted by Gasteiger charge is 2.22. The normalized spacial score (nSPS) is 13.7. The number of benzene rings is 2. The van der Waals surface area contributed by atoms with Gasteiger partial charge in [-0.3, -0.25) is 0 Å². The van der Waals surface area contributed by atoms with E-state index in [4.69, 9.17) is 22.3 Å². The Balaban J connectivity index is 1.61. The van der Waals surface area contributed by atoms with Gasteiger partial charge in [0.05, 0.1) is 17.3 Å². The first kappa shape index (κ1) is 19.0. The highest BCUT2D eigenvalue weighted by atomic mass is 32.1. The molecule has 4 rings (SSSR count). The van der Waals surface area contributed by atoms with Crippen LogP contribution in [0.3, 0.4) is 0 Å². The van der Waals surface area contributed by atoms with Crippen molar-refractivity contribution in [3.05, 3.63) is 64.4 Å². The van der Waals surface area contributed by atoms with E-state index >= 15 is 0 Å². The van der Waals surface area contributed by atoms with E-state index in [0.29, 0.717) is 6.67 Å². The van der Waals surface area contributed by atoms with E-state index in [1.54, 1.807) is 11.3 Å². The van der Waals surface area contributed by atoms with Gasteiger partial charge >= 0.3 is 0 Å². The summed E-state index contributed by atoms with van der Waals surface area (Å²) < 4.78 is 6.04. The van der Waals surface area contributed by atoms with Crippen molar-refractivity contribution < 1.29 is 4.90 Å². The molecule has 144 valence electrons. The monoisotopic (exact) mass is 410 g/mol. The molecule has 4 aromatic rings. The van der Waals surface area contributed by atoms with Crippen LogP contribution in [0.4, 0.5) is 0 Å². The van der Waals surface area contributed by atoms with Crippen molar-refractivity contribution in [2.24, 2.45) is 0 Å². The molecule has 0 saturated heterocycles. The fourth-order valence-corrected chi connectivity index (χ4v) is 4.72. The quantitative estimate of drug-likeness (QED) is 0.490. The summed E-state index contributed by atoms with van der Waals surface area (Å²) in [5, 5.41) is 5.99. The second-order valence-corrected chi connectivity index (χ2v) is 8.39. The highest BCUT2D eigenvalue weighted by molar-refractivity contribution is 7.71. The minimum absolute atomic E-state index is 0.256. The van der Waals surface area contributed by atoms with E-state index in [2.05, 4.69) is 55.8 Å². The molecule has 0 radical (unpaired) electrons. The number of fused-ring (bicyclic) bond motifs is 1. The Kier molecular flexibility index (Phi) is 5.39. The van der Waals surface area contributed by atoms with E-state index in [-0.39, 0.29) is 6.04 Å². The average Bonchev–Trinajstić information content (AvgIpc) is 3.29. The molecule has 2 atom stereocenters. The number of nitrogens with one attached hydrogen (secondary N) is 1. The molecule has 0 saturated carbocycles. The molecule has 2 heterocycles. The SMILES string of the molecule is CCn1c(-c2ccccc2)nn(C[NH+](C)[C@H](C)c2nc3ccccc3s2)c1=S. The standard InChI is InChI=1S/C21H23N5S2/c1-4-25-19(16-10-6-5-7-11-16)23-26(21(25)27)14-24(3)15(2)20-22-17-12-8-9-13-18(17)28-20/h5-13,15H,4,14H2,1-3H3/p+1/t15-/m1/s1. The largest absolute Gasteiger partial charge is 0.311 e. The molecule has 0 aliphatic carbocycles. The Morgan fingerprint density at radius 3 is 2.54 bits per heavy atom. The predicted octanol–water partition coefficient (Wildman–Crippen LogP) is 3.94. The second-order valence-electron chi connectivity index (χ2n) is 6.96. The van der Waals surface area contributed by atoms with E-state index in [1.807, 2.05) is 28.9 Å². The molecule has 2 aromatic heterocycles. The van der Waals surface area contributed by atoms with Crippen molar-refractivity contribution in [3.63, 3.8) is 0 Å². The topological polar surface area (TPSA) is 40.1 Å². The van der Waals surface area contributed by atoms with Gasteiger partial charge in [-0.25, -0.2) is 4.98 Å². The summed E-state index contributed by atoms with van der Waals surface area (Å²) in [7, 11) is 2.17. The molecule has 0 fully saturated rings. The fraction of sp³-hybridized carbons (Fsp3) is 0.286. The maximum Gasteiger partial charge on any atom is 0.203 e. The zero-order valence-electron chi connectivity index (χ0n) is 16.3. The van der Waals surface area contributed by atoms with Gasteiger partial charge in [-0.05, 0) is 38.2 Å². The van der Waals surface area contributed by atoms with Gasteiger partial charge in [0.25, 0.3) is 0 Å². The Bertz CT molecular complexity index is 1110. The number of aromatic nitrogens is 4. The number of para-hydroxylation sites is 1. The first-order valence-corrected chi connectivity index (χ1v) is 10.7. The molecule has 5 nitrogen and oxygen atoms in total. The van der Waals surface area contributed by atoms with Crippen LogP contribution in [-0.4, -0.2) is 26.4 Å². The molecular weight excluding hydrogens is 386 g/mol. The number of hydrogen-bond donors (Lipinski definition) is 1. The summed E-state index contributed by atoms with van der Waals surface area (Å²) in [6.07, 6.45) is 0. The number of nitrogens with zero attached hydrogens (tertiary/aromatic N) is 4. The van der Waals surface area contributed by atoms with Gasteiger partial charge in [-0.1, -0.05) is 42.5 Å². The third-order valence-electron chi connectivity index (χ3n) is 5.09. The van der Waals surface area contributed by atoms with Crippen LogP contribution in [0.1, 0.15) is 24.9 Å². The summed E-state index contributed by atoms with van der Waals surface area (Å²) in [5.41, 5.74) is 2.16. The Morgan fingerprint density at radius 1 is 1.11 bits per heavy atom. The lowest BCUT2D eigenvalue weighted by Gasteiger charge is -2.19. The molecular formula is C21H24N5S2+. The smallest absolute Gasteiger partial charge is 0.203 e. The van der Waals surface area contributed by atoms with Crippen molar-refractivity contribution in [1.29, 1.82) is 0 Å². The summed E-state index contributed by atoms with van der Waals surface area (Å²) in [4.78, 5) is 6.12. The zero-order chi connectivity index (χ0) is 19.7. The first-order chi connectivity index (χ1) is 13.6. The number of thiazole rings is 1. The molecule has 28 heavy (non-hydrogen) atoms. The van der Waals surface area contributed by atoms with Crippen LogP contribution in [0.25, 0.3) is 21.6 Å². The van der Waals surface area contributed by atoms with E-state index in [9.17, 15) is 0 Å². The average molecular weight is 411 g/mol. The Labute approximate surface area is 173 Å². The molecule has 7 heteroatoms. The van der Waals surface area contributed by atoms with Crippen LogP contribution >= 0.6 is 23.6 Å². The minimum Gasteiger partial charge on any atom is -0.311 e. The zero-order valence-corrected chi connectivity index (χ0v) is 17.9. The number of hydrogen-bond acceptors (Lipinski definition) is 4. The fourth-order valence-electron chi connectivity index (χ4n) is 3.29. The van der Waals surface area contributed by atoms with Crippen LogP contribution in [0.15, 0.2) is 54.6 Å². The van der Waals surface area contributed by atoms with Crippen LogP contribution in [0, 0.1) is 4.77 Å². The van der Waals surface area contributed by atoms with Crippen LogP contribution in [0.5, 0.6) is 0 Å². The van der Waals surface area contributed by atoms with Crippen LogP contribution in [0.2, 0.25) is 0 Å². The van der Waals surface area contributed by atoms with Crippen molar-refractivity contribution in [1.82, 2.24) is 19.3 Å². The molecule has 2 aromatic carbocycles. The maximum absolute atomic E-state index is 5.72. The second kappa shape index (κ2) is 7.95. The summed E-state index contributed by atoms with van der Waals surface area (Å²) in [6.45, 7) is 5.82. The molecule has 1 N–H and O–H groups in total. The Hall–Kier alpha value is -2.35. The molecule has 0 aliphatic heterocycles. The van der Waals surface area contributed by atoms with E-state index in [1.165, 1.54) is 9.60 Å². The van der Waals surface area contributed by atoms with Gasteiger partial charge in [0.1, 0.15) is 6.04 Å². The van der Waals surface area contributed by atoms with Crippen molar-refractivity contribution in [3.8, 4) is 11.4 Å². The summed E-state index contributed by atoms with van der Waals surface area (Å²) in [5.74, 6) is 0.925. The highest BCUT2D eigenvalue weighted by Crippen LogP contribution is 2.25. The lowest BCUT2D eigenvalue weighted by Crippen LogP contribution is -3.08. The van der Waals surface area contributed by atoms with Crippen molar-refractivity contribution in [2.45, 2.75) is 33.1 Å². The number of quaternary nitrogens is 1. The third kappa shape index (κ3) is 3.53. The molecule has 0 bridgehead atoms. The Morgan fingerprint density at radius 2 is 1.82 bits per heavy atom. The lowest BCUT2D eigenvalue weighted by molar-refractivity contribution is -0.933. The van der Waals surface area contributed by atoms with Gasteiger partial charge in [-0.15, -0.1) is 16.4 Å². The predicted molar refractivity (Wildman–Crippen MR) is 117 cm³/mol. The summed E-state index contributed by atoms with van der Waals surface area (Å²) in [6, 6.07) is 18.8. The van der Waals surface area contributed by atoms with Gasteiger partial charge in [-0.2, -0.15) is 4.68 Å². The van der Waals surface area contributed by atoms with Gasteiger partial charge in [0.2, 0.25) is 4.77 Å². The molecule has 1 unspecified atom stereocenters. The number of rotatable bonds is 6. The van der Waals surface area contributed by atoms with Crippen molar-refractivity contribution in [2.75, 3.05) is 7.05 Å². The molecule has 0 amide bonds. The van der Waals surface area contributed by atoms with Crippen LogP contribution < -0.4 is 4.90 Å². The summed E-state index contributed by atoms with van der Waals surface area (Å²) >= 11 is 7.49. The first-order valence-electron chi connectivity index (χ1n) is 9.49. The lowest BCUT2D eigenvalue weighted by atomic mass is 10.2. The molecule has 0 aliphatic rings. The van der Waals surface area contributed by atoms with Gasteiger partial charge in [0, 0.05) is 12.1 Å². The van der Waals surface area contributed by atoms with E-state index < -0.39 is 0 Å². The van der Waals surface area contributed by atoms with E-state index in [0.717, 1.165) is 33.2 Å². The molecule has 0 spiro atoms. The van der Waals surface area contributed by atoms with Crippen LogP contribution in [-0.2, 0) is 13.2 Å². The van der Waals surface area contributed by atoms with Gasteiger partial charge < -0.3 is 9.47 Å². The maximum atomic E-state index is 5.72. The van der Waals surface area contributed by atoms with Crippen molar-refractivity contribution >= 4 is 33.8 Å². The van der Waals surface area contributed by atoms with Gasteiger partial charge in [0.15, 0.2) is 17.5 Å². The third-order valence-corrected chi connectivity index (χ3v) is 6.74. The minimum atomic E-state index is 0.256.